The Kier molecular flexibility index (Phi) is 6.53. The zero-order valence-electron chi connectivity index (χ0n) is 15.7. The zero-order chi connectivity index (χ0) is 21.7. The highest BCUT2D eigenvalue weighted by Gasteiger charge is 2.18. The van der Waals surface area contributed by atoms with Crippen LogP contribution in [0.15, 0.2) is 42.2 Å². The molecular weight excluding hydrogens is 429 g/mol. The minimum Gasteiger partial charge on any atom is -0.379 e. The number of thiazole rings is 1. The molecule has 3 heterocycles. The minimum absolute atomic E-state index is 0.133. The van der Waals surface area contributed by atoms with E-state index in [0.717, 1.165) is 17.6 Å². The first-order valence-corrected chi connectivity index (χ1v) is 11.2. The predicted molar refractivity (Wildman–Crippen MR) is 113 cm³/mol. The van der Waals surface area contributed by atoms with E-state index in [1.165, 1.54) is 11.6 Å². The van der Waals surface area contributed by atoms with Crippen molar-refractivity contribution in [1.29, 1.82) is 5.41 Å². The maximum absolute atomic E-state index is 12.7. The van der Waals surface area contributed by atoms with Crippen molar-refractivity contribution in [2.45, 2.75) is 0 Å². The molecule has 0 bridgehead atoms. The Bertz CT molecular complexity index is 1140. The summed E-state index contributed by atoms with van der Waals surface area (Å²) in [5.41, 5.74) is 2.01. The number of hydrogen-bond acceptors (Lipinski definition) is 8. The summed E-state index contributed by atoms with van der Waals surface area (Å²) in [6.07, 6.45) is 4.97. The lowest BCUT2D eigenvalue weighted by Crippen LogP contribution is -2.13. The molecular formula is C17H18N7O4PS. The highest BCUT2D eigenvalue weighted by Crippen LogP contribution is 2.32. The maximum atomic E-state index is 12.7. The Balaban J connectivity index is 1.77. The van der Waals surface area contributed by atoms with Crippen molar-refractivity contribution in [2.75, 3.05) is 11.6 Å². The van der Waals surface area contributed by atoms with E-state index in [-0.39, 0.29) is 11.3 Å². The van der Waals surface area contributed by atoms with Gasteiger partial charge in [-0.1, -0.05) is 6.07 Å². The first-order valence-electron chi connectivity index (χ1n) is 8.48. The summed E-state index contributed by atoms with van der Waals surface area (Å²) in [5, 5.41) is 18.9. The predicted octanol–water partition coefficient (Wildman–Crippen LogP) is 1.91. The molecule has 30 heavy (non-hydrogen) atoms. The Morgan fingerprint density at radius 1 is 1.40 bits per heavy atom. The van der Waals surface area contributed by atoms with Gasteiger partial charge >= 0.3 is 7.60 Å². The Hall–Kier alpha value is -3.18. The van der Waals surface area contributed by atoms with Gasteiger partial charge in [0, 0.05) is 42.8 Å². The molecule has 0 saturated heterocycles. The van der Waals surface area contributed by atoms with Crippen molar-refractivity contribution in [3.05, 3.63) is 52.9 Å². The fraction of sp³-hybridized carbons (Fsp3) is 0.118. The fourth-order valence-electron chi connectivity index (χ4n) is 2.41. The van der Waals surface area contributed by atoms with E-state index in [9.17, 15) is 9.36 Å². The van der Waals surface area contributed by atoms with E-state index in [1.54, 1.807) is 36.3 Å². The van der Waals surface area contributed by atoms with Gasteiger partial charge in [0.1, 0.15) is 22.7 Å². The highest BCUT2D eigenvalue weighted by atomic mass is 32.1. The molecule has 0 aromatic carbocycles. The monoisotopic (exact) mass is 447 g/mol. The third kappa shape index (κ3) is 5.45. The number of carbonyl (C=O) groups is 1. The molecule has 5 N–H and O–H groups in total. The number of aromatic nitrogens is 4. The molecule has 0 radical (unpaired) electrons. The van der Waals surface area contributed by atoms with Crippen LogP contribution in [0.2, 0.25) is 0 Å². The van der Waals surface area contributed by atoms with E-state index < -0.39 is 19.8 Å². The number of allylic oxidation sites excluding steroid dienone is 1. The average Bonchev–Trinajstić information content (AvgIpc) is 3.32. The summed E-state index contributed by atoms with van der Waals surface area (Å²) in [6, 6.07) is 5.39. The second-order valence-corrected chi connectivity index (χ2v) is 8.55. The van der Waals surface area contributed by atoms with Crippen LogP contribution in [0.3, 0.4) is 0 Å². The van der Waals surface area contributed by atoms with Gasteiger partial charge < -0.3 is 25.8 Å². The average molecular weight is 447 g/mol. The molecule has 11 nitrogen and oxygen atoms in total. The van der Waals surface area contributed by atoms with Crippen LogP contribution in [0.1, 0.15) is 15.5 Å². The molecule has 0 spiro atoms. The van der Waals surface area contributed by atoms with Crippen molar-refractivity contribution in [3.8, 4) is 11.4 Å². The number of rotatable bonds is 8. The van der Waals surface area contributed by atoms with E-state index in [1.807, 2.05) is 6.07 Å². The lowest BCUT2D eigenvalue weighted by molar-refractivity contribution is 0.102. The van der Waals surface area contributed by atoms with E-state index in [0.29, 0.717) is 22.1 Å². The summed E-state index contributed by atoms with van der Waals surface area (Å²) >= 11 is 1.13. The van der Waals surface area contributed by atoms with Crippen LogP contribution in [0.25, 0.3) is 17.0 Å². The van der Waals surface area contributed by atoms with Gasteiger partial charge in [-0.25, -0.2) is 4.98 Å². The molecule has 0 aliphatic carbocycles. The van der Waals surface area contributed by atoms with Crippen LogP contribution in [0.5, 0.6) is 0 Å². The van der Waals surface area contributed by atoms with Gasteiger partial charge in [-0.15, -0.1) is 11.3 Å². The summed E-state index contributed by atoms with van der Waals surface area (Å²) in [6.45, 7) is 0. The smallest absolute Gasteiger partial charge is 0.344 e. The van der Waals surface area contributed by atoms with Crippen LogP contribution in [-0.4, -0.2) is 47.9 Å². The van der Waals surface area contributed by atoms with Gasteiger partial charge in [0.25, 0.3) is 5.91 Å². The van der Waals surface area contributed by atoms with Crippen molar-refractivity contribution in [3.63, 3.8) is 0 Å². The Morgan fingerprint density at radius 2 is 2.20 bits per heavy atom. The summed E-state index contributed by atoms with van der Waals surface area (Å²) in [4.78, 5) is 38.9. The summed E-state index contributed by atoms with van der Waals surface area (Å²) in [5.74, 6) is -0.463. The molecule has 0 aliphatic heterocycles. The first-order chi connectivity index (χ1) is 14.3. The zero-order valence-corrected chi connectivity index (χ0v) is 17.4. The molecule has 3 rings (SSSR count). The molecule has 13 heteroatoms. The summed E-state index contributed by atoms with van der Waals surface area (Å²) < 4.78 is 12.5. The second kappa shape index (κ2) is 9.09. The SMILES string of the molecule is Cn1cc(NC(=O)c2csc(/C(C=N)=C/NCP(=O)(O)O)n2)c(-c2ccccn2)n1. The van der Waals surface area contributed by atoms with Gasteiger partial charge in [-0.2, -0.15) is 5.10 Å². The van der Waals surface area contributed by atoms with Gasteiger partial charge in [0.2, 0.25) is 0 Å². The second-order valence-electron chi connectivity index (χ2n) is 6.04. The van der Waals surface area contributed by atoms with Crippen LogP contribution in [0, 0.1) is 5.41 Å². The van der Waals surface area contributed by atoms with Crippen molar-refractivity contribution in [2.24, 2.45) is 7.05 Å². The third-order valence-electron chi connectivity index (χ3n) is 3.68. The lowest BCUT2D eigenvalue weighted by atomic mass is 10.2. The van der Waals surface area contributed by atoms with Gasteiger partial charge in [-0.3, -0.25) is 19.0 Å². The third-order valence-corrected chi connectivity index (χ3v) is 5.16. The van der Waals surface area contributed by atoms with Gasteiger partial charge in [0.15, 0.2) is 0 Å². The number of hydrogen-bond donors (Lipinski definition) is 5. The van der Waals surface area contributed by atoms with Crippen molar-refractivity contribution in [1.82, 2.24) is 25.1 Å². The number of amides is 1. The number of anilines is 1. The molecule has 3 aromatic rings. The maximum Gasteiger partial charge on any atom is 0.344 e. The summed E-state index contributed by atoms with van der Waals surface area (Å²) in [7, 11) is -2.50. The Morgan fingerprint density at radius 3 is 2.87 bits per heavy atom. The number of carbonyl (C=O) groups excluding carboxylic acids is 1. The van der Waals surface area contributed by atoms with Crippen molar-refractivity contribution < 1.29 is 19.1 Å². The topological polar surface area (TPSA) is 166 Å². The minimum atomic E-state index is -4.23. The van der Waals surface area contributed by atoms with Gasteiger partial charge in [0.05, 0.1) is 11.4 Å². The molecule has 3 aromatic heterocycles. The quantitative estimate of drug-likeness (QED) is 0.258. The van der Waals surface area contributed by atoms with E-state index in [2.05, 4.69) is 25.7 Å². The molecule has 0 unspecified atom stereocenters. The van der Waals surface area contributed by atoms with Crippen molar-refractivity contribution >= 4 is 42.3 Å². The molecule has 0 atom stereocenters. The number of aryl methyl sites for hydroxylation is 1. The van der Waals surface area contributed by atoms with Crippen LogP contribution >= 0.6 is 18.9 Å². The lowest BCUT2D eigenvalue weighted by Gasteiger charge is -2.04. The number of nitrogens with zero attached hydrogens (tertiary/aromatic N) is 4. The molecule has 0 fully saturated rings. The molecule has 1 amide bonds. The first kappa shape index (κ1) is 21.5. The van der Waals surface area contributed by atoms with Crippen LogP contribution in [0.4, 0.5) is 5.69 Å². The molecule has 0 aliphatic rings. The Labute approximate surface area is 175 Å². The van der Waals surface area contributed by atoms with Crippen LogP contribution in [-0.2, 0) is 11.6 Å². The number of nitrogens with one attached hydrogen (secondary N) is 3. The standard InChI is InChI=1S/C17H18N7O4PS/c1-24-8-13(15(23-24)12-4-2-3-5-20-12)21-16(25)14-9-30-17(22-14)11(6-18)7-19-10-29(26,27)28/h2-9,18-19H,10H2,1H3,(H,21,25)(H2,26,27,28)/b11-7+,18-6?. The number of pyridine rings is 1. The fourth-order valence-corrected chi connectivity index (χ4v) is 3.53. The van der Waals surface area contributed by atoms with E-state index >= 15 is 0 Å². The normalized spacial score (nSPS) is 11.9. The largest absolute Gasteiger partial charge is 0.379 e. The van der Waals surface area contributed by atoms with E-state index in [4.69, 9.17) is 15.2 Å². The molecule has 156 valence electrons. The van der Waals surface area contributed by atoms with Gasteiger partial charge in [-0.05, 0) is 12.1 Å². The van der Waals surface area contributed by atoms with Crippen LogP contribution < -0.4 is 10.6 Å². The highest BCUT2D eigenvalue weighted by molar-refractivity contribution is 7.51. The molecule has 0 saturated carbocycles.